The zero-order valence-corrected chi connectivity index (χ0v) is 13.3. The Morgan fingerprint density at radius 1 is 1.06 bits per heavy atom. The van der Waals surface area contributed by atoms with Gasteiger partial charge in [0, 0.05) is 12.6 Å². The molecule has 108 valence electrons. The molecule has 0 bridgehead atoms. The molecular weight excluding hydrogens is 222 g/mol. The minimum atomic E-state index is -0.522. The van der Waals surface area contributed by atoms with Gasteiger partial charge in [0.15, 0.2) is 0 Å². The van der Waals surface area contributed by atoms with Crippen molar-refractivity contribution in [3.05, 3.63) is 0 Å². The van der Waals surface area contributed by atoms with Crippen LogP contribution in [0.5, 0.6) is 0 Å². The summed E-state index contributed by atoms with van der Waals surface area (Å²) in [6.45, 7) is 14.3. The van der Waals surface area contributed by atoms with Gasteiger partial charge in [-0.1, -0.05) is 41.5 Å². The van der Waals surface area contributed by atoms with Gasteiger partial charge in [0.25, 0.3) is 0 Å². The monoisotopic (exact) mass is 255 g/mol. The molecule has 2 N–H and O–H groups in total. The standard InChI is InChI=1S/C16H33NO/c1-7-16(18,8-2)12-17-13-9-14(3,4)11-15(5,6)10-13/h13,17-18H,7-12H2,1-6H3. The van der Waals surface area contributed by atoms with E-state index in [2.05, 4.69) is 46.9 Å². The molecule has 0 radical (unpaired) electrons. The molecular formula is C16H33NO. The van der Waals surface area contributed by atoms with Crippen molar-refractivity contribution in [3.63, 3.8) is 0 Å². The first-order chi connectivity index (χ1) is 8.11. The summed E-state index contributed by atoms with van der Waals surface area (Å²) in [6.07, 6.45) is 5.40. The van der Waals surface area contributed by atoms with E-state index in [-0.39, 0.29) is 0 Å². The van der Waals surface area contributed by atoms with E-state index >= 15 is 0 Å². The number of hydrogen-bond donors (Lipinski definition) is 2. The number of hydrogen-bond acceptors (Lipinski definition) is 2. The Morgan fingerprint density at radius 2 is 1.50 bits per heavy atom. The molecule has 18 heavy (non-hydrogen) atoms. The molecule has 1 saturated carbocycles. The second-order valence-electron chi connectivity index (χ2n) is 7.92. The van der Waals surface area contributed by atoms with E-state index in [1.54, 1.807) is 0 Å². The average Bonchev–Trinajstić information content (AvgIpc) is 2.22. The van der Waals surface area contributed by atoms with Crippen LogP contribution in [0, 0.1) is 10.8 Å². The molecule has 0 saturated heterocycles. The largest absolute Gasteiger partial charge is 0.389 e. The summed E-state index contributed by atoms with van der Waals surface area (Å²) in [7, 11) is 0. The van der Waals surface area contributed by atoms with Crippen molar-refractivity contribution in [2.75, 3.05) is 6.54 Å². The lowest BCUT2D eigenvalue weighted by Crippen LogP contribution is -2.49. The van der Waals surface area contributed by atoms with Crippen LogP contribution in [0.1, 0.15) is 73.6 Å². The van der Waals surface area contributed by atoms with Crippen LogP contribution in [0.2, 0.25) is 0 Å². The molecule has 0 aromatic rings. The fourth-order valence-corrected chi connectivity index (χ4v) is 3.82. The van der Waals surface area contributed by atoms with Gasteiger partial charge in [-0.2, -0.15) is 0 Å². The van der Waals surface area contributed by atoms with Crippen LogP contribution < -0.4 is 5.32 Å². The number of aliphatic hydroxyl groups is 1. The van der Waals surface area contributed by atoms with E-state index in [1.165, 1.54) is 19.3 Å². The first-order valence-electron chi connectivity index (χ1n) is 7.57. The van der Waals surface area contributed by atoms with Gasteiger partial charge in [-0.3, -0.25) is 0 Å². The Morgan fingerprint density at radius 3 is 1.89 bits per heavy atom. The molecule has 0 heterocycles. The average molecular weight is 255 g/mol. The van der Waals surface area contributed by atoms with Crippen LogP contribution in [0.25, 0.3) is 0 Å². The zero-order valence-electron chi connectivity index (χ0n) is 13.3. The SMILES string of the molecule is CCC(O)(CC)CNC1CC(C)(C)CC(C)(C)C1. The maximum atomic E-state index is 10.4. The number of rotatable bonds is 5. The summed E-state index contributed by atoms with van der Waals surface area (Å²) in [5.41, 5.74) is 0.303. The maximum absolute atomic E-state index is 10.4. The van der Waals surface area contributed by atoms with Gasteiger partial charge in [0.1, 0.15) is 0 Å². The topological polar surface area (TPSA) is 32.3 Å². The van der Waals surface area contributed by atoms with Crippen molar-refractivity contribution in [3.8, 4) is 0 Å². The van der Waals surface area contributed by atoms with Gasteiger partial charge < -0.3 is 10.4 Å². The third-order valence-corrected chi connectivity index (χ3v) is 4.59. The third kappa shape index (κ3) is 4.55. The zero-order chi connectivity index (χ0) is 14.0. The number of nitrogens with one attached hydrogen (secondary N) is 1. The fourth-order valence-electron chi connectivity index (χ4n) is 3.82. The summed E-state index contributed by atoms with van der Waals surface area (Å²) in [5.74, 6) is 0. The van der Waals surface area contributed by atoms with Gasteiger partial charge in [-0.15, -0.1) is 0 Å². The third-order valence-electron chi connectivity index (χ3n) is 4.59. The molecule has 0 unspecified atom stereocenters. The highest BCUT2D eigenvalue weighted by molar-refractivity contribution is 4.93. The van der Waals surface area contributed by atoms with Crippen LogP contribution in [0.3, 0.4) is 0 Å². The van der Waals surface area contributed by atoms with Crippen LogP contribution >= 0.6 is 0 Å². The quantitative estimate of drug-likeness (QED) is 0.784. The highest BCUT2D eigenvalue weighted by Gasteiger charge is 2.38. The van der Waals surface area contributed by atoms with Crippen LogP contribution in [-0.2, 0) is 0 Å². The van der Waals surface area contributed by atoms with Crippen LogP contribution in [-0.4, -0.2) is 23.3 Å². The summed E-state index contributed by atoms with van der Waals surface area (Å²) >= 11 is 0. The summed E-state index contributed by atoms with van der Waals surface area (Å²) < 4.78 is 0. The van der Waals surface area contributed by atoms with Crippen molar-refractivity contribution in [2.45, 2.75) is 85.3 Å². The van der Waals surface area contributed by atoms with Gasteiger partial charge in [-0.05, 0) is 42.9 Å². The Kier molecular flexibility index (Phi) is 4.88. The van der Waals surface area contributed by atoms with Gasteiger partial charge in [0.05, 0.1) is 5.60 Å². The highest BCUT2D eigenvalue weighted by Crippen LogP contribution is 2.45. The van der Waals surface area contributed by atoms with Crippen LogP contribution in [0.15, 0.2) is 0 Å². The fraction of sp³-hybridized carbons (Fsp3) is 1.00. The highest BCUT2D eigenvalue weighted by atomic mass is 16.3. The second kappa shape index (κ2) is 5.50. The molecule has 2 heteroatoms. The molecule has 1 rings (SSSR count). The van der Waals surface area contributed by atoms with E-state index in [9.17, 15) is 5.11 Å². The summed E-state index contributed by atoms with van der Waals surface area (Å²) in [4.78, 5) is 0. The second-order valence-corrected chi connectivity index (χ2v) is 7.92. The normalized spacial score (nSPS) is 24.2. The van der Waals surface area contributed by atoms with Gasteiger partial charge in [0.2, 0.25) is 0 Å². The van der Waals surface area contributed by atoms with Crippen molar-refractivity contribution < 1.29 is 5.11 Å². The summed E-state index contributed by atoms with van der Waals surface area (Å²) in [5, 5.41) is 14.0. The predicted molar refractivity (Wildman–Crippen MR) is 78.7 cm³/mol. The predicted octanol–water partition coefficient (Wildman–Crippen LogP) is 3.73. The molecule has 0 aliphatic heterocycles. The molecule has 2 nitrogen and oxygen atoms in total. The Labute approximate surface area is 114 Å². The molecule has 0 amide bonds. The van der Waals surface area contributed by atoms with Crippen LogP contribution in [0.4, 0.5) is 0 Å². The molecule has 1 aliphatic rings. The first kappa shape index (κ1) is 16.0. The van der Waals surface area contributed by atoms with Crippen molar-refractivity contribution in [2.24, 2.45) is 10.8 Å². The van der Waals surface area contributed by atoms with E-state index < -0.39 is 5.60 Å². The molecule has 0 atom stereocenters. The van der Waals surface area contributed by atoms with E-state index in [1.807, 2.05) is 0 Å². The minimum absolute atomic E-state index is 0.413. The van der Waals surface area contributed by atoms with E-state index in [0.29, 0.717) is 16.9 Å². The van der Waals surface area contributed by atoms with Crippen molar-refractivity contribution in [1.29, 1.82) is 0 Å². The maximum Gasteiger partial charge on any atom is 0.0766 e. The minimum Gasteiger partial charge on any atom is -0.389 e. The van der Waals surface area contributed by atoms with E-state index in [4.69, 9.17) is 0 Å². The molecule has 1 aliphatic carbocycles. The lowest BCUT2D eigenvalue weighted by atomic mass is 9.63. The van der Waals surface area contributed by atoms with Crippen molar-refractivity contribution in [1.82, 2.24) is 5.32 Å². The van der Waals surface area contributed by atoms with Crippen molar-refractivity contribution >= 4 is 0 Å². The molecule has 0 spiro atoms. The van der Waals surface area contributed by atoms with Gasteiger partial charge in [-0.25, -0.2) is 0 Å². The molecule has 0 aromatic heterocycles. The van der Waals surface area contributed by atoms with Gasteiger partial charge >= 0.3 is 0 Å². The molecule has 1 fully saturated rings. The smallest absolute Gasteiger partial charge is 0.0766 e. The van der Waals surface area contributed by atoms with E-state index in [0.717, 1.165) is 19.4 Å². The Hall–Kier alpha value is -0.0800. The Balaban J connectivity index is 2.57. The summed E-state index contributed by atoms with van der Waals surface area (Å²) in [6, 6.07) is 0.549. The Bertz CT molecular complexity index is 250. The molecule has 0 aromatic carbocycles. The lowest BCUT2D eigenvalue weighted by molar-refractivity contribution is 0.0178. The lowest BCUT2D eigenvalue weighted by Gasteiger charge is -2.46. The first-order valence-corrected chi connectivity index (χ1v) is 7.57.